The van der Waals surface area contributed by atoms with Crippen LogP contribution in [0.25, 0.3) is 22.2 Å². The van der Waals surface area contributed by atoms with Crippen LogP contribution in [-0.4, -0.2) is 27.2 Å². The summed E-state index contributed by atoms with van der Waals surface area (Å²) in [4.78, 5) is 24.6. The highest BCUT2D eigenvalue weighted by atomic mass is 32.2. The van der Waals surface area contributed by atoms with E-state index in [-0.39, 0.29) is 5.88 Å². The second kappa shape index (κ2) is 6.87. The van der Waals surface area contributed by atoms with E-state index in [2.05, 4.69) is 21.0 Å². The second-order valence-corrected chi connectivity index (χ2v) is 6.01. The van der Waals surface area contributed by atoms with Crippen molar-refractivity contribution in [2.45, 2.75) is 18.9 Å². The van der Waals surface area contributed by atoms with Gasteiger partial charge < -0.3 is 4.74 Å². The van der Waals surface area contributed by atoms with E-state index in [1.807, 2.05) is 36.6 Å². The molecule has 0 aliphatic heterocycles. The first kappa shape index (κ1) is 16.9. The molecule has 0 amide bonds. The second-order valence-electron chi connectivity index (χ2n) is 5.22. The molecule has 25 heavy (non-hydrogen) atoms. The summed E-state index contributed by atoms with van der Waals surface area (Å²) in [6, 6.07) is 11.6. The molecule has 0 spiro atoms. The van der Waals surface area contributed by atoms with Gasteiger partial charge in [-0.2, -0.15) is 10.2 Å². The Morgan fingerprint density at radius 3 is 2.52 bits per heavy atom. The van der Waals surface area contributed by atoms with Crippen molar-refractivity contribution in [3.63, 3.8) is 0 Å². The number of hydrogen-bond acceptors (Lipinski definition) is 7. The largest absolute Gasteiger partial charge is 0.407 e. The Kier molecular flexibility index (Phi) is 4.63. The van der Waals surface area contributed by atoms with Crippen molar-refractivity contribution in [2.24, 2.45) is 0 Å². The summed E-state index contributed by atoms with van der Waals surface area (Å²) < 4.78 is 5.30. The number of ether oxygens (including phenoxy) is 1. The predicted molar refractivity (Wildman–Crippen MR) is 95.3 cm³/mol. The smallest absolute Gasteiger partial charge is 0.309 e. The minimum Gasteiger partial charge on any atom is -0.407 e. The van der Waals surface area contributed by atoms with E-state index in [0.29, 0.717) is 33.0 Å². The van der Waals surface area contributed by atoms with E-state index >= 15 is 0 Å². The van der Waals surface area contributed by atoms with Gasteiger partial charge in [0, 0.05) is 12.5 Å². The molecule has 7 heteroatoms. The van der Waals surface area contributed by atoms with E-state index in [4.69, 9.17) is 4.74 Å². The number of fused-ring (bicyclic) bond motifs is 1. The summed E-state index contributed by atoms with van der Waals surface area (Å²) in [7, 11) is 0. The molecule has 3 aromatic rings. The van der Waals surface area contributed by atoms with Gasteiger partial charge in [0.15, 0.2) is 5.65 Å². The highest BCUT2D eigenvalue weighted by molar-refractivity contribution is 7.98. The summed E-state index contributed by atoms with van der Waals surface area (Å²) in [6.45, 7) is 3.01. The molecule has 0 unspecified atom stereocenters. The molecule has 124 valence electrons. The third-order valence-corrected chi connectivity index (χ3v) is 4.18. The van der Waals surface area contributed by atoms with Gasteiger partial charge in [0.1, 0.15) is 16.9 Å². The number of aromatic nitrogens is 3. The molecule has 0 aliphatic carbocycles. The van der Waals surface area contributed by atoms with Gasteiger partial charge in [0.25, 0.3) is 0 Å². The Bertz CT molecular complexity index is 1010. The molecule has 0 atom stereocenters. The van der Waals surface area contributed by atoms with Crippen molar-refractivity contribution in [1.29, 1.82) is 5.26 Å². The number of hydrogen-bond donors (Lipinski definition) is 0. The van der Waals surface area contributed by atoms with Crippen LogP contribution < -0.4 is 4.74 Å². The molecule has 0 radical (unpaired) electrons. The molecule has 0 bridgehead atoms. The summed E-state index contributed by atoms with van der Waals surface area (Å²) in [5.74, 6) is 0.0587. The lowest BCUT2D eigenvalue weighted by Gasteiger charge is -2.14. The maximum Gasteiger partial charge on any atom is 0.309 e. The SMILES string of the molecule is CSc1nc2nc(C)nc(OC(C)=O)c2c(-c2ccccc2)c1C#N. The lowest BCUT2D eigenvalue weighted by Crippen LogP contribution is -2.08. The van der Waals surface area contributed by atoms with E-state index in [9.17, 15) is 10.1 Å². The predicted octanol–water partition coefficient (Wildman–Crippen LogP) is 3.52. The normalized spacial score (nSPS) is 10.5. The Morgan fingerprint density at radius 2 is 1.92 bits per heavy atom. The topological polar surface area (TPSA) is 88.8 Å². The molecule has 2 aromatic heterocycles. The molecule has 0 fully saturated rings. The quantitative estimate of drug-likeness (QED) is 0.527. The molecule has 6 nitrogen and oxygen atoms in total. The standard InChI is InChI=1S/C18H14N4O2S/c1-10-20-16-15(17(21-10)24-11(2)23)14(12-7-5-4-6-8-12)13(9-19)18(22-16)25-3/h4-8H,1-3H3. The number of esters is 1. The minimum atomic E-state index is -0.495. The van der Waals surface area contributed by atoms with Crippen molar-refractivity contribution in [1.82, 2.24) is 15.0 Å². The Morgan fingerprint density at radius 1 is 1.20 bits per heavy atom. The average Bonchev–Trinajstić information content (AvgIpc) is 2.60. The molecule has 0 aliphatic rings. The number of pyridine rings is 1. The zero-order chi connectivity index (χ0) is 18.0. The van der Waals surface area contributed by atoms with Gasteiger partial charge >= 0.3 is 5.97 Å². The van der Waals surface area contributed by atoms with Gasteiger partial charge in [-0.05, 0) is 18.7 Å². The number of benzene rings is 1. The fraction of sp³-hybridized carbons (Fsp3) is 0.167. The van der Waals surface area contributed by atoms with Crippen LogP contribution in [0, 0.1) is 18.3 Å². The Balaban J connectivity index is 2.51. The maximum atomic E-state index is 11.5. The molecule has 1 aromatic carbocycles. The number of carbonyl (C=O) groups excluding carboxylic acids is 1. The van der Waals surface area contributed by atoms with E-state index in [1.54, 1.807) is 6.92 Å². The van der Waals surface area contributed by atoms with E-state index in [0.717, 1.165) is 5.56 Å². The third kappa shape index (κ3) is 3.16. The number of thioether (sulfide) groups is 1. The van der Waals surface area contributed by atoms with Crippen LogP contribution in [0.3, 0.4) is 0 Å². The van der Waals surface area contributed by atoms with Crippen LogP contribution in [0.2, 0.25) is 0 Å². The summed E-state index contributed by atoms with van der Waals surface area (Å²) in [5.41, 5.74) is 2.23. The molecule has 2 heterocycles. The van der Waals surface area contributed by atoms with E-state index in [1.165, 1.54) is 18.7 Å². The first-order valence-electron chi connectivity index (χ1n) is 7.45. The van der Waals surface area contributed by atoms with Gasteiger partial charge in [0.2, 0.25) is 5.88 Å². The first-order valence-corrected chi connectivity index (χ1v) is 8.68. The lowest BCUT2D eigenvalue weighted by molar-refractivity contribution is -0.132. The lowest BCUT2D eigenvalue weighted by atomic mass is 9.98. The number of carbonyl (C=O) groups is 1. The van der Waals surface area contributed by atoms with Crippen molar-refractivity contribution in [2.75, 3.05) is 6.26 Å². The number of nitriles is 1. The molecule has 0 N–H and O–H groups in total. The minimum absolute atomic E-state index is 0.116. The van der Waals surface area contributed by atoms with Crippen LogP contribution in [0.1, 0.15) is 18.3 Å². The van der Waals surface area contributed by atoms with Crippen LogP contribution in [0.4, 0.5) is 0 Å². The first-order chi connectivity index (χ1) is 12.0. The Hall–Kier alpha value is -2.98. The Labute approximate surface area is 148 Å². The van der Waals surface area contributed by atoms with Crippen LogP contribution >= 0.6 is 11.8 Å². The third-order valence-electron chi connectivity index (χ3n) is 3.50. The zero-order valence-corrected chi connectivity index (χ0v) is 14.7. The van der Waals surface area contributed by atoms with Crippen molar-refractivity contribution in [3.05, 3.63) is 41.7 Å². The highest BCUT2D eigenvalue weighted by Crippen LogP contribution is 2.38. The molecular weight excluding hydrogens is 336 g/mol. The fourth-order valence-corrected chi connectivity index (χ4v) is 3.10. The summed E-state index contributed by atoms with van der Waals surface area (Å²) in [6.07, 6.45) is 1.85. The summed E-state index contributed by atoms with van der Waals surface area (Å²) in [5, 5.41) is 10.8. The highest BCUT2D eigenvalue weighted by Gasteiger charge is 2.22. The average molecular weight is 350 g/mol. The van der Waals surface area contributed by atoms with Crippen molar-refractivity contribution < 1.29 is 9.53 Å². The molecular formula is C18H14N4O2S. The number of aryl methyl sites for hydroxylation is 1. The molecule has 3 rings (SSSR count). The van der Waals surface area contributed by atoms with Crippen molar-refractivity contribution >= 4 is 28.8 Å². The van der Waals surface area contributed by atoms with Gasteiger partial charge in [-0.25, -0.2) is 9.97 Å². The molecule has 0 saturated heterocycles. The van der Waals surface area contributed by atoms with Crippen LogP contribution in [0.5, 0.6) is 5.88 Å². The number of rotatable bonds is 3. The van der Waals surface area contributed by atoms with Gasteiger partial charge in [0.05, 0.1) is 10.9 Å². The van der Waals surface area contributed by atoms with Gasteiger partial charge in [-0.3, -0.25) is 4.79 Å². The fourth-order valence-electron chi connectivity index (χ4n) is 2.57. The van der Waals surface area contributed by atoms with E-state index < -0.39 is 5.97 Å². The van der Waals surface area contributed by atoms with Gasteiger partial charge in [-0.15, -0.1) is 11.8 Å². The summed E-state index contributed by atoms with van der Waals surface area (Å²) >= 11 is 1.37. The number of nitrogens with zero attached hydrogens (tertiary/aromatic N) is 4. The van der Waals surface area contributed by atoms with Gasteiger partial charge in [-0.1, -0.05) is 30.3 Å². The zero-order valence-electron chi connectivity index (χ0n) is 13.9. The molecule has 0 saturated carbocycles. The van der Waals surface area contributed by atoms with Crippen molar-refractivity contribution in [3.8, 4) is 23.1 Å². The van der Waals surface area contributed by atoms with Crippen LogP contribution in [-0.2, 0) is 4.79 Å². The monoisotopic (exact) mass is 350 g/mol. The maximum absolute atomic E-state index is 11.5. The van der Waals surface area contributed by atoms with Crippen LogP contribution in [0.15, 0.2) is 35.4 Å².